The van der Waals surface area contributed by atoms with E-state index < -0.39 is 5.20 Å². The molecule has 1 aromatic heterocycles. The number of carbonyl (C=O) groups excluding carboxylic acids is 1. The van der Waals surface area contributed by atoms with Gasteiger partial charge in [-0.25, -0.2) is 0 Å². The van der Waals surface area contributed by atoms with E-state index in [0.29, 0.717) is 0 Å². The lowest BCUT2D eigenvalue weighted by Gasteiger charge is -2.23. The fourth-order valence-corrected chi connectivity index (χ4v) is 12.7. The second kappa shape index (κ2) is 39.9. The van der Waals surface area contributed by atoms with E-state index in [1.165, 1.54) is 130 Å². The Morgan fingerprint density at radius 2 is 0.789 bits per heavy atom. The Bertz CT molecular complexity index is 3710. The van der Waals surface area contributed by atoms with Crippen LogP contribution in [0, 0.1) is 0 Å². The Morgan fingerprint density at radius 3 is 1.21 bits per heavy atom. The molecule has 0 radical (unpaired) electrons. The number of fused-ring (bicyclic) bond motifs is 2. The zero-order valence-electron chi connectivity index (χ0n) is 57.9. The van der Waals surface area contributed by atoms with Gasteiger partial charge in [-0.15, -0.1) is 0 Å². The molecule has 0 bridgehead atoms. The van der Waals surface area contributed by atoms with Crippen molar-refractivity contribution in [1.29, 1.82) is 0 Å². The highest BCUT2D eigenvalue weighted by atomic mass is 36.0. The Kier molecular flexibility index (Phi) is 32.3. The molecule has 0 amide bonds. The lowest BCUT2D eigenvalue weighted by atomic mass is 9.86. The molecule has 10 rings (SSSR count). The van der Waals surface area contributed by atoms with Gasteiger partial charge in [-0.05, 0) is 222 Å². The number of nitrogens with zero attached hydrogens (tertiary/aromatic N) is 6. The average Bonchev–Trinajstić information content (AvgIpc) is 1.61. The van der Waals surface area contributed by atoms with Gasteiger partial charge in [-0.3, -0.25) is 9.36 Å². The summed E-state index contributed by atoms with van der Waals surface area (Å²) in [6.45, 7) is 32.0. The first-order valence-electron chi connectivity index (χ1n) is 34.5. The summed E-state index contributed by atoms with van der Waals surface area (Å²) in [7, 11) is 0. The monoisotopic (exact) mass is 1370 g/mol. The number of para-hydroxylation sites is 2. The van der Waals surface area contributed by atoms with Crippen molar-refractivity contribution in [2.45, 2.75) is 127 Å². The third kappa shape index (κ3) is 21.5. The summed E-state index contributed by atoms with van der Waals surface area (Å²) in [5.74, 6) is 0.0761. The second-order valence-electron chi connectivity index (χ2n) is 23.5. The van der Waals surface area contributed by atoms with Crippen molar-refractivity contribution in [3.8, 4) is 11.3 Å². The largest absolute Gasteiger partial charge is 1.00 e. The number of allylic oxidation sites excluding steroid dienone is 1. The molecule has 1 aliphatic rings. The molecule has 8 aromatic carbocycles. The molecule has 0 saturated heterocycles. The van der Waals surface area contributed by atoms with E-state index >= 15 is 0 Å². The van der Waals surface area contributed by atoms with Gasteiger partial charge in [0.25, 0.3) is 0 Å². The minimum Gasteiger partial charge on any atom is -1.00 e. The Hall–Kier alpha value is -7.03. The summed E-state index contributed by atoms with van der Waals surface area (Å²) in [6, 6.07) is 76.2. The number of benzene rings is 8. The summed E-state index contributed by atoms with van der Waals surface area (Å²) in [4.78, 5) is 22.0. The van der Waals surface area contributed by atoms with E-state index in [1.54, 1.807) is 0 Å². The summed E-state index contributed by atoms with van der Waals surface area (Å²) < 4.78 is 14.6. The molecule has 0 atom stereocenters. The number of hydrogen-bond donors (Lipinski definition) is 0. The van der Waals surface area contributed by atoms with E-state index in [0.717, 1.165) is 87.9 Å². The highest BCUT2D eigenvalue weighted by Crippen LogP contribution is 2.61. The van der Waals surface area contributed by atoms with E-state index in [-0.39, 0.29) is 18.2 Å². The number of aryl methyl sites for hydroxylation is 1. The van der Waals surface area contributed by atoms with Crippen LogP contribution in [-0.4, -0.2) is 79.5 Å². The molecule has 0 spiro atoms. The summed E-state index contributed by atoms with van der Waals surface area (Å²) in [5, 5.41) is -1.88. The fraction of sp³-hybridized carbons (Fsp3) is 0.341. The number of ketones is 1. The van der Waals surface area contributed by atoms with Crippen LogP contribution in [0.1, 0.15) is 159 Å². The standard InChI is InChI=1S/C41H50N3.C21H28N2O.C20H23N.Cl3OP.ClH/c1-6-11-12-18-31-44-38-22-17-16-21-37(38)40(41(44)34-19-14-13-15-20-34)39(32-23-27-35(28-24-32)42(7-2)8-3)33-25-29-36(30-26-33)43(9-4)10-5;1-5-22(6-2)19-13-9-17(10-14-19)21(24)18-11-15-20(16-12-18)23(7-3)8-4;1-2-3-4-10-15-21-19-14-9-8-13-18(19)16-20(21)17-11-6-5-7-12-17;1-5(2,3)4;/h13-17,19-30H,6-12,18,31H2,1-5H3;9-16H,5-8H2,1-4H3;5-9,11-14,16H,2-4,10,15H2,1H3;;1H/q+1;;;;/p-1. The maximum Gasteiger partial charge on any atom is 0.339 e. The molecule has 9 aromatic rings. The molecule has 8 nitrogen and oxygen atoms in total. The number of hydrogen-bond acceptors (Lipinski definition) is 6. The van der Waals surface area contributed by atoms with E-state index in [9.17, 15) is 9.36 Å². The molecule has 0 N–H and O–H groups in total. The van der Waals surface area contributed by atoms with E-state index in [2.05, 4.69) is 295 Å². The quantitative estimate of drug-likeness (QED) is 0.0211. The Morgan fingerprint density at radius 1 is 0.421 bits per heavy atom. The molecule has 13 heteroatoms. The van der Waals surface area contributed by atoms with Crippen molar-refractivity contribution in [2.75, 3.05) is 78.5 Å². The van der Waals surface area contributed by atoms with Crippen molar-refractivity contribution in [2.24, 2.45) is 0 Å². The zero-order valence-corrected chi connectivity index (χ0v) is 61.8. The highest BCUT2D eigenvalue weighted by Gasteiger charge is 2.38. The number of carbonyl (C=O) groups is 1. The molecular weight excluding hydrogens is 1270 g/mol. The minimum atomic E-state index is -3.22. The van der Waals surface area contributed by atoms with Crippen LogP contribution >= 0.6 is 38.9 Å². The fourth-order valence-electron chi connectivity index (χ4n) is 12.7. The maximum atomic E-state index is 12.7. The van der Waals surface area contributed by atoms with Gasteiger partial charge < -0.3 is 36.6 Å². The van der Waals surface area contributed by atoms with Gasteiger partial charge in [0, 0.05) is 133 Å². The van der Waals surface area contributed by atoms with Crippen LogP contribution in [0.5, 0.6) is 0 Å². The number of unbranched alkanes of at least 4 members (excludes halogenated alkanes) is 6. The summed E-state index contributed by atoms with van der Waals surface area (Å²) in [5.41, 5.74) is 20.7. The molecule has 95 heavy (non-hydrogen) atoms. The first-order valence-corrected chi connectivity index (χ1v) is 38.9. The van der Waals surface area contributed by atoms with Gasteiger partial charge in [-0.1, -0.05) is 149 Å². The predicted molar refractivity (Wildman–Crippen MR) is 412 cm³/mol. The highest BCUT2D eigenvalue weighted by molar-refractivity contribution is 8.24. The van der Waals surface area contributed by atoms with Gasteiger partial charge >= 0.3 is 5.20 Å². The van der Waals surface area contributed by atoms with E-state index in [4.69, 9.17) is 0 Å². The summed E-state index contributed by atoms with van der Waals surface area (Å²) >= 11 is 13.8. The Labute approximate surface area is 590 Å². The van der Waals surface area contributed by atoms with Crippen molar-refractivity contribution < 1.29 is 26.3 Å². The number of anilines is 4. The van der Waals surface area contributed by atoms with Gasteiger partial charge in [0.05, 0.1) is 11.1 Å². The number of rotatable bonds is 28. The SMILES string of the molecule is CCCCCC[N+]1=C(c2ccccc2)C(=C(c2ccc(N(CC)CC)cc2)c2ccc(N(CC)CC)cc2)c2ccccc21.CCCCCCn1c(-c2ccccc2)cc2ccccc21.CCN(CC)c1ccc(C(=O)c2ccc(N(CC)CC)cc2)cc1.O=P(Cl)(Cl)Cl.[Cl-]. The number of aromatic nitrogens is 1. The van der Waals surface area contributed by atoms with Crippen molar-refractivity contribution in [1.82, 2.24) is 4.57 Å². The average molecular weight is 1380 g/mol. The van der Waals surface area contributed by atoms with Gasteiger partial charge in [0.15, 0.2) is 5.78 Å². The Balaban J connectivity index is 0.000000236. The van der Waals surface area contributed by atoms with Crippen molar-refractivity contribution >= 4 is 101 Å². The van der Waals surface area contributed by atoms with Gasteiger partial charge in [0.2, 0.25) is 11.4 Å². The number of halogens is 4. The van der Waals surface area contributed by atoms with Crippen LogP contribution in [-0.2, 0) is 11.1 Å². The van der Waals surface area contributed by atoms with Gasteiger partial charge in [-0.2, -0.15) is 4.58 Å². The van der Waals surface area contributed by atoms with Gasteiger partial charge in [0.1, 0.15) is 6.54 Å². The topological polar surface area (TPSA) is 55.0 Å². The van der Waals surface area contributed by atoms with Crippen LogP contribution in [0.2, 0.25) is 0 Å². The van der Waals surface area contributed by atoms with Crippen LogP contribution in [0.25, 0.3) is 33.3 Å². The van der Waals surface area contributed by atoms with Crippen molar-refractivity contribution in [3.63, 3.8) is 0 Å². The molecule has 0 aliphatic carbocycles. The lowest BCUT2D eigenvalue weighted by molar-refractivity contribution is -0.437. The first-order chi connectivity index (χ1) is 45.7. The van der Waals surface area contributed by atoms with Crippen LogP contribution < -0.4 is 32.0 Å². The third-order valence-electron chi connectivity index (χ3n) is 17.7. The lowest BCUT2D eigenvalue weighted by Crippen LogP contribution is -3.00. The normalized spacial score (nSPS) is 11.5. The predicted octanol–water partition coefficient (Wildman–Crippen LogP) is 20.4. The minimum absolute atomic E-state index is 0. The summed E-state index contributed by atoms with van der Waals surface area (Å²) in [6.07, 6.45) is 10.2. The van der Waals surface area contributed by atoms with Crippen molar-refractivity contribution in [3.05, 3.63) is 246 Å². The van der Waals surface area contributed by atoms with E-state index in [1.807, 2.05) is 48.5 Å². The van der Waals surface area contributed by atoms with Crippen LogP contribution in [0.4, 0.5) is 28.4 Å². The van der Waals surface area contributed by atoms with Crippen LogP contribution in [0.3, 0.4) is 0 Å². The molecule has 0 saturated carbocycles. The molecular formula is C82H101Cl4N6O2P. The van der Waals surface area contributed by atoms with Crippen LogP contribution in [0.15, 0.2) is 212 Å². The molecule has 0 unspecified atom stereocenters. The zero-order chi connectivity index (χ0) is 67.4. The molecule has 504 valence electrons. The molecule has 1 aliphatic heterocycles. The molecule has 2 heterocycles. The third-order valence-corrected chi connectivity index (χ3v) is 17.7. The smallest absolute Gasteiger partial charge is 0.339 e. The maximum absolute atomic E-state index is 12.7. The second-order valence-corrected chi connectivity index (χ2v) is 30.1. The molecule has 0 fully saturated rings. The first kappa shape index (κ1) is 77.0.